The van der Waals surface area contributed by atoms with E-state index in [4.69, 9.17) is 5.41 Å². The van der Waals surface area contributed by atoms with E-state index in [0.29, 0.717) is 36.5 Å². The number of hydrazone groups is 1. The molecule has 1 aliphatic heterocycles. The summed E-state index contributed by atoms with van der Waals surface area (Å²) < 4.78 is 38.5. The third-order valence-electron chi connectivity index (χ3n) is 3.96. The number of halogens is 3. The number of pyridine rings is 1. The minimum atomic E-state index is -4.38. The van der Waals surface area contributed by atoms with Crippen LogP contribution in [0.15, 0.2) is 47.7 Å². The zero-order valence-electron chi connectivity index (χ0n) is 14.1. The molecule has 6 nitrogen and oxygen atoms in total. The van der Waals surface area contributed by atoms with Crippen molar-refractivity contribution in [2.75, 3.05) is 12.0 Å². The van der Waals surface area contributed by atoms with Crippen LogP contribution in [0.1, 0.15) is 23.1 Å². The average Bonchev–Trinajstić information content (AvgIpc) is 2.63. The molecule has 1 aromatic carbocycles. The summed E-state index contributed by atoms with van der Waals surface area (Å²) in [5.74, 6) is -0.0983. The van der Waals surface area contributed by atoms with Gasteiger partial charge < -0.3 is 5.32 Å². The Labute approximate surface area is 153 Å². The molecule has 0 spiro atoms. The summed E-state index contributed by atoms with van der Waals surface area (Å²) in [5, 5.41) is 14.3. The topological polar surface area (TPSA) is 90.2 Å². The van der Waals surface area contributed by atoms with Crippen LogP contribution in [0.3, 0.4) is 0 Å². The molecule has 1 aliphatic rings. The van der Waals surface area contributed by atoms with Gasteiger partial charge in [0, 0.05) is 19.2 Å². The fourth-order valence-corrected chi connectivity index (χ4v) is 2.61. The van der Waals surface area contributed by atoms with Gasteiger partial charge in [0.25, 0.3) is 5.91 Å². The Morgan fingerprint density at radius 2 is 2.00 bits per heavy atom. The minimum absolute atomic E-state index is 0.200. The van der Waals surface area contributed by atoms with Gasteiger partial charge in [-0.15, -0.1) is 0 Å². The second kappa shape index (κ2) is 7.56. The van der Waals surface area contributed by atoms with E-state index >= 15 is 0 Å². The Kier molecular flexibility index (Phi) is 5.20. The van der Waals surface area contributed by atoms with Gasteiger partial charge in [-0.2, -0.15) is 18.3 Å². The molecule has 9 heteroatoms. The van der Waals surface area contributed by atoms with Crippen LogP contribution >= 0.6 is 0 Å². The zero-order valence-corrected chi connectivity index (χ0v) is 14.1. The molecule has 0 aliphatic carbocycles. The van der Waals surface area contributed by atoms with Gasteiger partial charge in [0.1, 0.15) is 11.5 Å². The van der Waals surface area contributed by atoms with Crippen LogP contribution in [-0.4, -0.2) is 28.9 Å². The number of nitrogens with zero attached hydrogens (tertiary/aromatic N) is 2. The summed E-state index contributed by atoms with van der Waals surface area (Å²) in [4.78, 5) is 15.5. The van der Waals surface area contributed by atoms with Crippen LogP contribution in [0.5, 0.6) is 0 Å². The number of benzene rings is 1. The smallest absolute Gasteiger partial charge is 0.350 e. The standard InChI is InChI=1S/C18H16F3N5O/c19-18(20,21)13-3-1-2-11(9-13)8-12-4-6-23-15(10-12)26-25-14-5-7-24-17(27)16(14)22/h1-4,6,9-10,22H,5,7-8H2,(H,23,26)(H,24,27)/b22-16?,25-14-. The Morgan fingerprint density at radius 3 is 2.78 bits per heavy atom. The number of anilines is 1. The summed E-state index contributed by atoms with van der Waals surface area (Å²) in [5.41, 5.74) is 3.42. The SMILES string of the molecule is N=C1C(=O)NCC/C1=N/Nc1cc(Cc2cccc(C(F)(F)F)c2)ccn1. The first-order chi connectivity index (χ1) is 12.8. The maximum absolute atomic E-state index is 12.8. The van der Waals surface area contributed by atoms with Crippen LogP contribution in [0, 0.1) is 5.41 Å². The number of alkyl halides is 3. The first kappa shape index (κ1) is 18.6. The fourth-order valence-electron chi connectivity index (χ4n) is 2.61. The number of hydrogen-bond donors (Lipinski definition) is 3. The number of carbonyl (C=O) groups is 1. The van der Waals surface area contributed by atoms with Gasteiger partial charge in [0.05, 0.1) is 11.3 Å². The predicted octanol–water partition coefficient (Wildman–Crippen LogP) is 3.00. The molecular weight excluding hydrogens is 359 g/mol. The first-order valence-electron chi connectivity index (χ1n) is 8.14. The lowest BCUT2D eigenvalue weighted by Crippen LogP contribution is -2.42. The summed E-state index contributed by atoms with van der Waals surface area (Å²) in [6.45, 7) is 0.407. The molecule has 27 heavy (non-hydrogen) atoms. The molecular formula is C18H16F3N5O. The summed E-state index contributed by atoms with van der Waals surface area (Å²) in [6, 6.07) is 8.53. The highest BCUT2D eigenvalue weighted by Gasteiger charge is 2.30. The molecule has 1 aromatic heterocycles. The lowest BCUT2D eigenvalue weighted by atomic mass is 10.0. The van der Waals surface area contributed by atoms with Gasteiger partial charge in [-0.3, -0.25) is 15.6 Å². The van der Waals surface area contributed by atoms with Crippen molar-refractivity contribution in [3.05, 3.63) is 59.3 Å². The Bertz CT molecular complexity index is 908. The van der Waals surface area contributed by atoms with E-state index in [9.17, 15) is 18.0 Å². The van der Waals surface area contributed by atoms with Gasteiger partial charge in [-0.25, -0.2) is 4.98 Å². The number of carbonyl (C=O) groups excluding carboxylic acids is 1. The zero-order chi connectivity index (χ0) is 19.4. The van der Waals surface area contributed by atoms with E-state index in [0.717, 1.165) is 17.7 Å². The molecule has 2 aromatic rings. The maximum atomic E-state index is 12.8. The molecule has 3 N–H and O–H groups in total. The van der Waals surface area contributed by atoms with Crippen LogP contribution in [0.2, 0.25) is 0 Å². The maximum Gasteiger partial charge on any atom is 0.416 e. The number of piperidine rings is 1. The predicted molar refractivity (Wildman–Crippen MR) is 94.9 cm³/mol. The van der Waals surface area contributed by atoms with Gasteiger partial charge in [0.15, 0.2) is 0 Å². The molecule has 1 fully saturated rings. The molecule has 0 bridgehead atoms. The molecule has 2 heterocycles. The Morgan fingerprint density at radius 1 is 1.22 bits per heavy atom. The van der Waals surface area contributed by atoms with Crippen LogP contribution in [0.25, 0.3) is 0 Å². The number of aromatic nitrogens is 1. The highest BCUT2D eigenvalue weighted by molar-refractivity contribution is 6.66. The molecule has 1 saturated heterocycles. The third kappa shape index (κ3) is 4.69. The largest absolute Gasteiger partial charge is 0.416 e. The van der Waals surface area contributed by atoms with Gasteiger partial charge in [0.2, 0.25) is 0 Å². The Hall–Kier alpha value is -3.23. The van der Waals surface area contributed by atoms with Crippen molar-refractivity contribution >= 4 is 23.1 Å². The Balaban J connectivity index is 1.73. The second-order valence-corrected chi connectivity index (χ2v) is 5.98. The van der Waals surface area contributed by atoms with Crippen LogP contribution in [-0.2, 0) is 17.4 Å². The van der Waals surface area contributed by atoms with E-state index in [1.54, 1.807) is 18.2 Å². The van der Waals surface area contributed by atoms with E-state index in [-0.39, 0.29) is 5.71 Å². The molecule has 1 amide bonds. The third-order valence-corrected chi connectivity index (χ3v) is 3.96. The molecule has 140 valence electrons. The lowest BCUT2D eigenvalue weighted by molar-refractivity contribution is -0.137. The molecule has 0 unspecified atom stereocenters. The normalized spacial score (nSPS) is 16.3. The van der Waals surface area contributed by atoms with E-state index in [1.807, 2.05) is 0 Å². The fraction of sp³-hybridized carbons (Fsp3) is 0.222. The van der Waals surface area contributed by atoms with E-state index in [2.05, 4.69) is 20.8 Å². The van der Waals surface area contributed by atoms with E-state index in [1.165, 1.54) is 12.3 Å². The van der Waals surface area contributed by atoms with Crippen molar-refractivity contribution in [3.63, 3.8) is 0 Å². The number of nitrogens with one attached hydrogen (secondary N) is 3. The minimum Gasteiger partial charge on any atom is -0.350 e. The lowest BCUT2D eigenvalue weighted by Gasteiger charge is -2.14. The number of rotatable bonds is 4. The van der Waals surface area contributed by atoms with Crippen molar-refractivity contribution in [2.45, 2.75) is 19.0 Å². The highest BCUT2D eigenvalue weighted by Crippen LogP contribution is 2.30. The van der Waals surface area contributed by atoms with Gasteiger partial charge >= 0.3 is 6.18 Å². The van der Waals surface area contributed by atoms with Crippen molar-refractivity contribution in [2.24, 2.45) is 5.10 Å². The highest BCUT2D eigenvalue weighted by atomic mass is 19.4. The van der Waals surface area contributed by atoms with E-state index < -0.39 is 17.6 Å². The van der Waals surface area contributed by atoms with Crippen molar-refractivity contribution < 1.29 is 18.0 Å². The molecule has 0 atom stereocenters. The summed E-state index contributed by atoms with van der Waals surface area (Å²) >= 11 is 0. The van der Waals surface area contributed by atoms with Gasteiger partial charge in [-0.05, 0) is 35.7 Å². The van der Waals surface area contributed by atoms with Crippen LogP contribution in [0.4, 0.5) is 19.0 Å². The summed E-state index contributed by atoms with van der Waals surface area (Å²) in [7, 11) is 0. The van der Waals surface area contributed by atoms with Gasteiger partial charge in [-0.1, -0.05) is 18.2 Å². The number of amides is 1. The monoisotopic (exact) mass is 375 g/mol. The first-order valence-corrected chi connectivity index (χ1v) is 8.14. The van der Waals surface area contributed by atoms with Crippen molar-refractivity contribution in [1.29, 1.82) is 5.41 Å². The second-order valence-electron chi connectivity index (χ2n) is 5.98. The molecule has 0 radical (unpaired) electrons. The average molecular weight is 375 g/mol. The van der Waals surface area contributed by atoms with Crippen molar-refractivity contribution in [3.8, 4) is 0 Å². The quantitative estimate of drug-likeness (QED) is 0.718. The van der Waals surface area contributed by atoms with Crippen LogP contribution < -0.4 is 10.7 Å². The summed E-state index contributed by atoms with van der Waals surface area (Å²) in [6.07, 6.45) is -2.13. The number of hydrogen-bond acceptors (Lipinski definition) is 5. The molecule has 3 rings (SSSR count). The molecule has 0 saturated carbocycles. The van der Waals surface area contributed by atoms with Crippen molar-refractivity contribution in [1.82, 2.24) is 10.3 Å².